The molecule has 36 heavy (non-hydrogen) atoms. The summed E-state index contributed by atoms with van der Waals surface area (Å²) in [5, 5.41) is 11.9. The molecule has 9 heteroatoms. The van der Waals surface area contributed by atoms with E-state index < -0.39 is 70.5 Å². The number of hydrogen-bond donors (Lipinski definition) is 1. The molecule has 2 aliphatic heterocycles. The van der Waals surface area contributed by atoms with Crippen LogP contribution in [0.2, 0.25) is 0 Å². The van der Waals surface area contributed by atoms with Crippen LogP contribution in [0.25, 0.3) is 0 Å². The molecule has 2 bridgehead atoms. The van der Waals surface area contributed by atoms with Gasteiger partial charge < -0.3 is 19.3 Å². The average Bonchev–Trinajstić information content (AvgIpc) is 3.14. The lowest BCUT2D eigenvalue weighted by Gasteiger charge is -2.68. The SMILES string of the molecule is [3H]CSO[C@]12OC[C@@]34[C@H]([C@@H](C)[C@H]1O)[C@@H](OC(=O)CC(C)C)C(=O)O[C@@H]3C[C@H]1C(C)=CC(=O)[C@@H](C)[C@]1(C)[C@@H]24. The van der Waals surface area contributed by atoms with E-state index in [0.717, 1.165) is 17.6 Å². The van der Waals surface area contributed by atoms with Crippen molar-refractivity contribution in [1.29, 1.82) is 0 Å². The first-order valence-corrected chi connectivity index (χ1v) is 13.8. The van der Waals surface area contributed by atoms with Gasteiger partial charge in [-0.05, 0) is 54.6 Å². The zero-order valence-electron chi connectivity index (χ0n) is 22.8. The molecule has 2 saturated carbocycles. The minimum atomic E-state index is -1.50. The monoisotopic (exact) mass is 524 g/mol. The molecule has 5 aliphatic rings. The van der Waals surface area contributed by atoms with Crippen LogP contribution >= 0.6 is 12.0 Å². The molecular formula is C27H38O8S. The average molecular weight is 525 g/mol. The molecule has 1 spiro atoms. The third-order valence-electron chi connectivity index (χ3n) is 10.1. The quantitative estimate of drug-likeness (QED) is 0.428. The van der Waals surface area contributed by atoms with Crippen LogP contribution in [0.15, 0.2) is 11.6 Å². The summed E-state index contributed by atoms with van der Waals surface area (Å²) in [6, 6.07) is 0. The number of ketones is 1. The molecule has 8 nitrogen and oxygen atoms in total. The summed E-state index contributed by atoms with van der Waals surface area (Å²) < 4.78 is 32.4. The molecule has 2 saturated heterocycles. The number of aliphatic hydroxyl groups excluding tert-OH is 1. The van der Waals surface area contributed by atoms with Crippen LogP contribution in [0.4, 0.5) is 0 Å². The fourth-order valence-electron chi connectivity index (χ4n) is 8.68. The second-order valence-electron chi connectivity index (χ2n) is 12.2. The molecule has 0 radical (unpaired) electrons. The smallest absolute Gasteiger partial charge is 0.348 e. The first kappa shape index (κ1) is 24.9. The van der Waals surface area contributed by atoms with Gasteiger partial charge in [0.2, 0.25) is 11.9 Å². The van der Waals surface area contributed by atoms with Gasteiger partial charge in [0.25, 0.3) is 0 Å². The van der Waals surface area contributed by atoms with Gasteiger partial charge >= 0.3 is 11.9 Å². The summed E-state index contributed by atoms with van der Waals surface area (Å²) >= 11 is 0.900. The van der Waals surface area contributed by atoms with E-state index in [-0.39, 0.29) is 36.9 Å². The van der Waals surface area contributed by atoms with E-state index in [9.17, 15) is 19.5 Å². The normalized spacial score (nSPS) is 49.6. The van der Waals surface area contributed by atoms with Crippen LogP contribution in [0.1, 0.15) is 55.8 Å². The summed E-state index contributed by atoms with van der Waals surface area (Å²) in [6.45, 7) is 11.7. The maximum atomic E-state index is 13.4. The van der Waals surface area contributed by atoms with Crippen LogP contribution in [0, 0.1) is 46.3 Å². The number of aliphatic hydroxyl groups is 1. The predicted molar refractivity (Wildman–Crippen MR) is 131 cm³/mol. The lowest BCUT2D eigenvalue weighted by atomic mass is 9.37. The van der Waals surface area contributed by atoms with Gasteiger partial charge in [-0.3, -0.25) is 13.8 Å². The van der Waals surface area contributed by atoms with Crippen molar-refractivity contribution >= 4 is 29.8 Å². The Morgan fingerprint density at radius 1 is 1.36 bits per heavy atom. The fourth-order valence-corrected chi connectivity index (χ4v) is 9.11. The Kier molecular flexibility index (Phi) is 5.91. The molecule has 0 aromatic heterocycles. The summed E-state index contributed by atoms with van der Waals surface area (Å²) in [4.78, 5) is 39.5. The topological polar surface area (TPSA) is 108 Å². The summed E-state index contributed by atoms with van der Waals surface area (Å²) in [6.07, 6.45) is -0.676. The second kappa shape index (κ2) is 8.55. The van der Waals surface area contributed by atoms with Gasteiger partial charge in [-0.15, -0.1) is 0 Å². The molecule has 5 rings (SSSR count). The van der Waals surface area contributed by atoms with E-state index in [0.29, 0.717) is 6.42 Å². The number of fused-ring (bicyclic) bond motifs is 1. The molecule has 0 aromatic rings. The highest BCUT2D eigenvalue weighted by Gasteiger charge is 2.84. The van der Waals surface area contributed by atoms with E-state index in [2.05, 4.69) is 6.92 Å². The molecular weight excluding hydrogens is 484 g/mol. The molecule has 3 aliphatic carbocycles. The van der Waals surface area contributed by atoms with E-state index in [1.807, 2.05) is 34.6 Å². The zero-order valence-corrected chi connectivity index (χ0v) is 22.6. The van der Waals surface area contributed by atoms with Crippen LogP contribution in [-0.4, -0.2) is 59.8 Å². The lowest BCUT2D eigenvalue weighted by molar-refractivity contribution is -0.323. The maximum absolute atomic E-state index is 13.4. The minimum absolute atomic E-state index is 0.00571. The first-order valence-electron chi connectivity index (χ1n) is 13.6. The van der Waals surface area contributed by atoms with Gasteiger partial charge in [0, 0.05) is 37.2 Å². The molecule has 11 atom stereocenters. The van der Waals surface area contributed by atoms with Crippen molar-refractivity contribution in [1.82, 2.24) is 0 Å². The van der Waals surface area contributed by atoms with E-state index >= 15 is 0 Å². The van der Waals surface area contributed by atoms with Gasteiger partial charge in [-0.25, -0.2) is 4.79 Å². The van der Waals surface area contributed by atoms with Gasteiger partial charge in [-0.2, -0.15) is 0 Å². The zero-order chi connectivity index (χ0) is 27.1. The standard InChI is InChI=1S/C27H38O8S/c1-12(2)8-19(29)34-21-20-14(4)22(30)27(35-36-7)24-25(6)15(5)17(28)9-13(3)16(25)10-18(33-23(21)31)26(20,24)11-32-27/h9,12,14-16,18,20-22,24,30H,8,10-11H2,1-7H3/t14-,15-,16+,18-,20-,21-,22-,24-,25+,26+,27-/m1/s1/i7T. The van der Waals surface area contributed by atoms with Gasteiger partial charge in [-0.1, -0.05) is 40.2 Å². The number of esters is 2. The maximum Gasteiger partial charge on any atom is 0.348 e. The number of carbonyl (C=O) groups excluding carboxylic acids is 3. The van der Waals surface area contributed by atoms with E-state index in [4.69, 9.17) is 19.8 Å². The number of rotatable bonds is 5. The summed E-state index contributed by atoms with van der Waals surface area (Å²) in [5.74, 6) is -4.71. The Morgan fingerprint density at radius 2 is 2.08 bits per heavy atom. The van der Waals surface area contributed by atoms with Crippen molar-refractivity contribution in [2.24, 2.45) is 46.3 Å². The molecule has 0 aromatic carbocycles. The van der Waals surface area contributed by atoms with Gasteiger partial charge in [0.15, 0.2) is 5.78 Å². The second-order valence-corrected chi connectivity index (χ2v) is 12.6. The highest BCUT2D eigenvalue weighted by molar-refractivity contribution is 7.93. The minimum Gasteiger partial charge on any atom is -0.459 e. The van der Waals surface area contributed by atoms with Crippen molar-refractivity contribution < 1.29 is 39.3 Å². The molecule has 200 valence electrons. The van der Waals surface area contributed by atoms with Crippen molar-refractivity contribution in [2.45, 2.75) is 78.5 Å². The van der Waals surface area contributed by atoms with E-state index in [1.54, 1.807) is 6.08 Å². The third kappa shape index (κ3) is 3.15. The first-order chi connectivity index (χ1) is 17.4. The fraction of sp³-hybridized carbons (Fsp3) is 0.815. The van der Waals surface area contributed by atoms with Crippen LogP contribution in [0.3, 0.4) is 0 Å². The van der Waals surface area contributed by atoms with Crippen LogP contribution in [-0.2, 0) is 32.8 Å². The van der Waals surface area contributed by atoms with Crippen molar-refractivity contribution in [3.8, 4) is 0 Å². The number of ether oxygens (including phenoxy) is 3. The van der Waals surface area contributed by atoms with Gasteiger partial charge in [0.1, 0.15) is 12.2 Å². The Balaban J connectivity index is 1.70. The highest BCUT2D eigenvalue weighted by atomic mass is 32.2. The van der Waals surface area contributed by atoms with Gasteiger partial charge in [0.05, 0.1) is 6.61 Å². The Hall–Kier alpha value is -1.42. The Bertz CT molecular complexity index is 1030. The summed E-state index contributed by atoms with van der Waals surface area (Å²) in [5.41, 5.74) is -0.620. The van der Waals surface area contributed by atoms with Crippen LogP contribution < -0.4 is 0 Å². The number of hydrogen-bond acceptors (Lipinski definition) is 9. The van der Waals surface area contributed by atoms with Crippen molar-refractivity contribution in [3.63, 3.8) is 0 Å². The lowest BCUT2D eigenvalue weighted by Crippen LogP contribution is -2.77. The molecule has 2 heterocycles. The largest absolute Gasteiger partial charge is 0.459 e. The van der Waals surface area contributed by atoms with Crippen LogP contribution in [0.5, 0.6) is 0 Å². The molecule has 1 N–H and O–H groups in total. The highest BCUT2D eigenvalue weighted by Crippen LogP contribution is 2.75. The Morgan fingerprint density at radius 3 is 2.75 bits per heavy atom. The number of allylic oxidation sites excluding steroid dienone is 2. The molecule has 0 unspecified atom stereocenters. The molecule has 0 amide bonds. The Labute approximate surface area is 218 Å². The third-order valence-corrected chi connectivity index (χ3v) is 10.5. The predicted octanol–water partition coefficient (Wildman–Crippen LogP) is 3.31. The van der Waals surface area contributed by atoms with Crippen molar-refractivity contribution in [3.05, 3.63) is 11.6 Å². The van der Waals surface area contributed by atoms with Crippen molar-refractivity contribution in [2.75, 3.05) is 12.8 Å². The summed E-state index contributed by atoms with van der Waals surface area (Å²) in [7, 11) is 0. The van der Waals surface area contributed by atoms with E-state index in [1.165, 1.54) is 0 Å². The number of carbonyl (C=O) groups is 3. The molecule has 4 fully saturated rings.